The van der Waals surface area contributed by atoms with Gasteiger partial charge in [-0.2, -0.15) is 0 Å². The van der Waals surface area contributed by atoms with Gasteiger partial charge >= 0.3 is 0 Å². The summed E-state index contributed by atoms with van der Waals surface area (Å²) in [6.07, 6.45) is 13.4. The molecular weight excluding hydrogens is 300 g/mol. The lowest BCUT2D eigenvalue weighted by atomic mass is 10.0. The van der Waals surface area contributed by atoms with Crippen molar-refractivity contribution in [3.05, 3.63) is 30.1 Å². The summed E-state index contributed by atoms with van der Waals surface area (Å²) in [7, 11) is 0. The largest absolute Gasteiger partial charge is 0.487 e. The number of nitrogens with zero attached hydrogens (tertiary/aromatic N) is 2. The van der Waals surface area contributed by atoms with Crippen LogP contribution in [0, 0.1) is 11.8 Å². The van der Waals surface area contributed by atoms with E-state index in [2.05, 4.69) is 31.0 Å². The van der Waals surface area contributed by atoms with Crippen molar-refractivity contribution in [2.24, 2.45) is 11.8 Å². The minimum Gasteiger partial charge on any atom is -0.487 e. The molecule has 2 atom stereocenters. The Kier molecular flexibility index (Phi) is 5.54. The van der Waals surface area contributed by atoms with Gasteiger partial charge < -0.3 is 9.64 Å². The third kappa shape index (κ3) is 4.59. The second-order valence-electron chi connectivity index (χ2n) is 7.19. The van der Waals surface area contributed by atoms with Crippen LogP contribution < -0.4 is 4.74 Å². The Balaban J connectivity index is 1.52. The Hall–Kier alpha value is -1.84. The van der Waals surface area contributed by atoms with Crippen molar-refractivity contribution in [3.8, 4) is 5.75 Å². The van der Waals surface area contributed by atoms with Crippen LogP contribution in [0.1, 0.15) is 51.5 Å². The van der Waals surface area contributed by atoms with Crippen LogP contribution >= 0.6 is 0 Å². The average Bonchev–Trinajstić information content (AvgIpc) is 3.34. The SMILES string of the molecule is CC[C@@H](C)C/C=C/c1cncc(O[C@H]2CCN(C(=O)C3CC3)C2)c1. The number of rotatable bonds is 7. The van der Waals surface area contributed by atoms with Crippen molar-refractivity contribution in [1.82, 2.24) is 9.88 Å². The van der Waals surface area contributed by atoms with Gasteiger partial charge in [-0.3, -0.25) is 9.78 Å². The summed E-state index contributed by atoms with van der Waals surface area (Å²) in [5.41, 5.74) is 1.07. The first-order chi connectivity index (χ1) is 11.7. The maximum absolute atomic E-state index is 12.1. The van der Waals surface area contributed by atoms with Crippen LogP contribution in [0.3, 0.4) is 0 Å². The van der Waals surface area contributed by atoms with Crippen LogP contribution in [0.15, 0.2) is 24.5 Å². The fourth-order valence-electron chi connectivity index (χ4n) is 3.00. The normalized spacial score (nSPS) is 22.1. The summed E-state index contributed by atoms with van der Waals surface area (Å²) in [6.45, 7) is 6.01. The zero-order chi connectivity index (χ0) is 16.9. The van der Waals surface area contributed by atoms with Crippen LogP contribution in [0.2, 0.25) is 0 Å². The van der Waals surface area contributed by atoms with Gasteiger partial charge in [-0.05, 0) is 36.8 Å². The van der Waals surface area contributed by atoms with Gasteiger partial charge in [0.05, 0.1) is 12.7 Å². The van der Waals surface area contributed by atoms with E-state index in [1.54, 1.807) is 6.20 Å². The van der Waals surface area contributed by atoms with E-state index in [1.807, 2.05) is 17.2 Å². The number of carbonyl (C=O) groups is 1. The first-order valence-electron chi connectivity index (χ1n) is 9.22. The first kappa shape index (κ1) is 17.0. The van der Waals surface area contributed by atoms with Crippen molar-refractivity contribution in [2.45, 2.75) is 52.1 Å². The van der Waals surface area contributed by atoms with Crippen LogP contribution in [0.4, 0.5) is 0 Å². The Morgan fingerprint density at radius 2 is 2.25 bits per heavy atom. The van der Waals surface area contributed by atoms with E-state index < -0.39 is 0 Å². The summed E-state index contributed by atoms with van der Waals surface area (Å²) in [5, 5.41) is 0. The van der Waals surface area contributed by atoms with Gasteiger partial charge in [-0.1, -0.05) is 32.4 Å². The van der Waals surface area contributed by atoms with Gasteiger partial charge in [0.25, 0.3) is 0 Å². The molecule has 1 aromatic heterocycles. The van der Waals surface area contributed by atoms with E-state index in [-0.39, 0.29) is 6.10 Å². The predicted octanol–water partition coefficient (Wildman–Crippen LogP) is 3.92. The molecular formula is C20H28N2O2. The summed E-state index contributed by atoms with van der Waals surface area (Å²) >= 11 is 0. The maximum atomic E-state index is 12.1. The highest BCUT2D eigenvalue weighted by atomic mass is 16.5. The molecule has 1 amide bonds. The number of hydrogen-bond donors (Lipinski definition) is 0. The minimum absolute atomic E-state index is 0.0915. The predicted molar refractivity (Wildman–Crippen MR) is 95.7 cm³/mol. The van der Waals surface area contributed by atoms with Crippen molar-refractivity contribution in [3.63, 3.8) is 0 Å². The number of allylic oxidation sites excluding steroid dienone is 1. The highest BCUT2D eigenvalue weighted by molar-refractivity contribution is 5.81. The van der Waals surface area contributed by atoms with E-state index in [0.717, 1.165) is 43.5 Å². The molecule has 2 fully saturated rings. The Labute approximate surface area is 144 Å². The molecule has 1 aromatic rings. The van der Waals surface area contributed by atoms with E-state index >= 15 is 0 Å². The van der Waals surface area contributed by atoms with Crippen molar-refractivity contribution in [2.75, 3.05) is 13.1 Å². The van der Waals surface area contributed by atoms with Crippen molar-refractivity contribution < 1.29 is 9.53 Å². The highest BCUT2D eigenvalue weighted by Crippen LogP contribution is 2.32. The summed E-state index contributed by atoms with van der Waals surface area (Å²) in [5.74, 6) is 2.12. The minimum atomic E-state index is 0.0915. The molecule has 2 heterocycles. The average molecular weight is 328 g/mol. The Bertz CT molecular complexity index is 595. The summed E-state index contributed by atoms with van der Waals surface area (Å²) in [6, 6.07) is 2.03. The molecule has 4 heteroatoms. The molecule has 0 N–H and O–H groups in total. The molecule has 4 nitrogen and oxygen atoms in total. The lowest BCUT2D eigenvalue weighted by Crippen LogP contribution is -2.31. The number of likely N-dealkylation sites (tertiary alicyclic amines) is 1. The van der Waals surface area contributed by atoms with E-state index in [9.17, 15) is 4.79 Å². The van der Waals surface area contributed by atoms with E-state index in [1.165, 1.54) is 6.42 Å². The number of hydrogen-bond acceptors (Lipinski definition) is 3. The third-order valence-corrected chi connectivity index (χ3v) is 4.97. The molecule has 2 aliphatic rings. The number of pyridine rings is 1. The Morgan fingerprint density at radius 1 is 1.42 bits per heavy atom. The molecule has 24 heavy (non-hydrogen) atoms. The molecule has 0 bridgehead atoms. The summed E-state index contributed by atoms with van der Waals surface area (Å²) in [4.78, 5) is 18.4. The van der Waals surface area contributed by atoms with E-state index in [4.69, 9.17) is 4.74 Å². The fraction of sp³-hybridized carbons (Fsp3) is 0.600. The smallest absolute Gasteiger partial charge is 0.225 e. The lowest BCUT2D eigenvalue weighted by molar-refractivity contribution is -0.131. The first-order valence-corrected chi connectivity index (χ1v) is 9.22. The van der Waals surface area contributed by atoms with Crippen LogP contribution in [0.25, 0.3) is 6.08 Å². The van der Waals surface area contributed by atoms with E-state index in [0.29, 0.717) is 24.3 Å². The fourth-order valence-corrected chi connectivity index (χ4v) is 3.00. The van der Waals surface area contributed by atoms with Gasteiger partial charge in [-0.25, -0.2) is 0 Å². The molecule has 130 valence electrons. The molecule has 0 aromatic carbocycles. The standard InChI is InChI=1S/C20H28N2O2/c1-3-15(2)5-4-6-16-11-19(13-21-12-16)24-18-9-10-22(14-18)20(23)17-7-8-17/h4,6,11-13,15,17-18H,3,5,7-10,14H2,1-2H3/b6-4+/t15-,18+/m1/s1. The summed E-state index contributed by atoms with van der Waals surface area (Å²) < 4.78 is 6.05. The molecule has 1 saturated carbocycles. The van der Waals surface area contributed by atoms with Gasteiger partial charge in [0.15, 0.2) is 0 Å². The topological polar surface area (TPSA) is 42.4 Å². The molecule has 0 spiro atoms. The van der Waals surface area contributed by atoms with Gasteiger partial charge in [0.1, 0.15) is 11.9 Å². The molecule has 1 aliphatic heterocycles. The quantitative estimate of drug-likeness (QED) is 0.762. The highest BCUT2D eigenvalue weighted by Gasteiger charge is 2.37. The molecule has 0 radical (unpaired) electrons. The van der Waals surface area contributed by atoms with Gasteiger partial charge in [0, 0.05) is 25.1 Å². The van der Waals surface area contributed by atoms with Crippen LogP contribution in [-0.4, -0.2) is 35.0 Å². The molecule has 1 saturated heterocycles. The zero-order valence-corrected chi connectivity index (χ0v) is 14.8. The Morgan fingerprint density at radius 3 is 3.00 bits per heavy atom. The van der Waals surface area contributed by atoms with Crippen molar-refractivity contribution >= 4 is 12.0 Å². The van der Waals surface area contributed by atoms with Crippen LogP contribution in [-0.2, 0) is 4.79 Å². The maximum Gasteiger partial charge on any atom is 0.225 e. The number of carbonyl (C=O) groups excluding carboxylic acids is 1. The van der Waals surface area contributed by atoms with Gasteiger partial charge in [0.2, 0.25) is 5.91 Å². The molecule has 0 unspecified atom stereocenters. The number of amides is 1. The van der Waals surface area contributed by atoms with Crippen molar-refractivity contribution in [1.29, 1.82) is 0 Å². The third-order valence-electron chi connectivity index (χ3n) is 4.97. The molecule has 1 aliphatic carbocycles. The zero-order valence-electron chi connectivity index (χ0n) is 14.8. The monoisotopic (exact) mass is 328 g/mol. The second kappa shape index (κ2) is 7.82. The molecule has 3 rings (SSSR count). The van der Waals surface area contributed by atoms with Gasteiger partial charge in [-0.15, -0.1) is 0 Å². The second-order valence-corrected chi connectivity index (χ2v) is 7.19. The number of aromatic nitrogens is 1. The number of ether oxygens (including phenoxy) is 1. The lowest BCUT2D eigenvalue weighted by Gasteiger charge is -2.17. The van der Waals surface area contributed by atoms with Crippen LogP contribution in [0.5, 0.6) is 5.75 Å².